The summed E-state index contributed by atoms with van der Waals surface area (Å²) in [6.45, 7) is 6.83. The van der Waals surface area contributed by atoms with Gasteiger partial charge >= 0.3 is 0 Å². The standard InChI is InChI=1S/C15H21N5/c1-4-11(2)18-15-9-14(19-12(3)20-15)17-10-13-7-5-6-8-16-13/h5-9,11H,4,10H2,1-3H3,(H2,17,18,19,20). The topological polar surface area (TPSA) is 62.7 Å². The molecule has 106 valence electrons. The Morgan fingerprint density at radius 2 is 2.00 bits per heavy atom. The van der Waals surface area contributed by atoms with Gasteiger partial charge in [0.25, 0.3) is 0 Å². The summed E-state index contributed by atoms with van der Waals surface area (Å²) in [6.07, 6.45) is 2.85. The van der Waals surface area contributed by atoms with Crippen LogP contribution in [0.15, 0.2) is 30.5 Å². The Labute approximate surface area is 119 Å². The Kier molecular flexibility index (Phi) is 4.87. The molecule has 0 aromatic carbocycles. The van der Waals surface area contributed by atoms with Gasteiger partial charge in [-0.1, -0.05) is 13.0 Å². The van der Waals surface area contributed by atoms with E-state index in [1.54, 1.807) is 6.20 Å². The van der Waals surface area contributed by atoms with Gasteiger partial charge in [-0.2, -0.15) is 0 Å². The zero-order chi connectivity index (χ0) is 14.4. The highest BCUT2D eigenvalue weighted by atomic mass is 15.1. The van der Waals surface area contributed by atoms with E-state index in [4.69, 9.17) is 0 Å². The molecule has 0 saturated heterocycles. The molecule has 0 fully saturated rings. The van der Waals surface area contributed by atoms with Crippen molar-refractivity contribution in [3.8, 4) is 0 Å². The summed E-state index contributed by atoms with van der Waals surface area (Å²) in [5.74, 6) is 2.42. The molecule has 5 nitrogen and oxygen atoms in total. The molecule has 1 atom stereocenters. The van der Waals surface area contributed by atoms with Crippen molar-refractivity contribution in [1.29, 1.82) is 0 Å². The first kappa shape index (κ1) is 14.2. The third-order valence-electron chi connectivity index (χ3n) is 3.02. The average Bonchev–Trinajstić information content (AvgIpc) is 2.45. The highest BCUT2D eigenvalue weighted by molar-refractivity contribution is 5.48. The maximum absolute atomic E-state index is 4.40. The van der Waals surface area contributed by atoms with Crippen LogP contribution in [-0.4, -0.2) is 21.0 Å². The largest absolute Gasteiger partial charge is 0.367 e. The van der Waals surface area contributed by atoms with Gasteiger partial charge in [-0.15, -0.1) is 0 Å². The van der Waals surface area contributed by atoms with Gasteiger partial charge in [0.2, 0.25) is 0 Å². The van der Waals surface area contributed by atoms with Gasteiger partial charge < -0.3 is 10.6 Å². The van der Waals surface area contributed by atoms with Crippen LogP contribution in [0.3, 0.4) is 0 Å². The van der Waals surface area contributed by atoms with Gasteiger partial charge in [-0.3, -0.25) is 4.98 Å². The Bertz CT molecular complexity index is 541. The normalized spacial score (nSPS) is 11.9. The van der Waals surface area contributed by atoms with Crippen LogP contribution in [0.1, 0.15) is 31.8 Å². The minimum absolute atomic E-state index is 0.396. The van der Waals surface area contributed by atoms with Gasteiger partial charge in [0.1, 0.15) is 17.5 Å². The average molecular weight is 271 g/mol. The summed E-state index contributed by atoms with van der Waals surface area (Å²) in [7, 11) is 0. The Morgan fingerprint density at radius 1 is 1.20 bits per heavy atom. The molecule has 0 spiro atoms. The van der Waals surface area contributed by atoms with Crippen LogP contribution < -0.4 is 10.6 Å². The van der Waals surface area contributed by atoms with E-state index in [1.807, 2.05) is 31.2 Å². The lowest BCUT2D eigenvalue weighted by Crippen LogP contribution is -2.15. The molecule has 0 aliphatic rings. The van der Waals surface area contributed by atoms with E-state index < -0.39 is 0 Å². The number of nitrogens with zero attached hydrogens (tertiary/aromatic N) is 3. The van der Waals surface area contributed by atoms with Gasteiger partial charge in [-0.05, 0) is 32.4 Å². The fourth-order valence-corrected chi connectivity index (χ4v) is 1.77. The van der Waals surface area contributed by atoms with Crippen LogP contribution in [0.2, 0.25) is 0 Å². The summed E-state index contributed by atoms with van der Waals surface area (Å²) in [5.41, 5.74) is 0.986. The fourth-order valence-electron chi connectivity index (χ4n) is 1.77. The van der Waals surface area contributed by atoms with Crippen LogP contribution >= 0.6 is 0 Å². The molecule has 0 saturated carbocycles. The second kappa shape index (κ2) is 6.84. The second-order valence-electron chi connectivity index (χ2n) is 4.81. The first-order valence-electron chi connectivity index (χ1n) is 6.93. The number of anilines is 2. The maximum Gasteiger partial charge on any atom is 0.132 e. The third-order valence-corrected chi connectivity index (χ3v) is 3.02. The van der Waals surface area contributed by atoms with Crippen molar-refractivity contribution in [2.45, 2.75) is 39.8 Å². The van der Waals surface area contributed by atoms with Crippen molar-refractivity contribution in [1.82, 2.24) is 15.0 Å². The minimum atomic E-state index is 0.396. The summed E-state index contributed by atoms with van der Waals surface area (Å²) in [5, 5.41) is 6.64. The Morgan fingerprint density at radius 3 is 2.70 bits per heavy atom. The molecule has 2 heterocycles. The minimum Gasteiger partial charge on any atom is -0.367 e. The third kappa shape index (κ3) is 4.19. The van der Waals surface area contributed by atoms with E-state index in [2.05, 4.69) is 39.4 Å². The molecule has 0 radical (unpaired) electrons. The van der Waals surface area contributed by atoms with Crippen LogP contribution in [0.25, 0.3) is 0 Å². The molecule has 0 amide bonds. The maximum atomic E-state index is 4.40. The van der Waals surface area contributed by atoms with Crippen LogP contribution in [-0.2, 0) is 6.54 Å². The molecule has 20 heavy (non-hydrogen) atoms. The molecule has 0 aliphatic carbocycles. The predicted molar refractivity (Wildman–Crippen MR) is 81.7 cm³/mol. The Balaban J connectivity index is 2.04. The Hall–Kier alpha value is -2.17. The van der Waals surface area contributed by atoms with E-state index in [1.165, 1.54) is 0 Å². The first-order chi connectivity index (χ1) is 9.67. The molecule has 2 rings (SSSR count). The molecule has 2 aromatic rings. The van der Waals surface area contributed by atoms with Crippen LogP contribution in [0.5, 0.6) is 0 Å². The van der Waals surface area contributed by atoms with Gasteiger partial charge in [0.15, 0.2) is 0 Å². The van der Waals surface area contributed by atoms with E-state index in [9.17, 15) is 0 Å². The van der Waals surface area contributed by atoms with Crippen molar-refractivity contribution >= 4 is 11.6 Å². The number of nitrogens with one attached hydrogen (secondary N) is 2. The molecule has 0 bridgehead atoms. The van der Waals surface area contributed by atoms with Gasteiger partial charge in [0.05, 0.1) is 12.2 Å². The van der Waals surface area contributed by atoms with Gasteiger partial charge in [0, 0.05) is 18.3 Å². The summed E-state index contributed by atoms with van der Waals surface area (Å²) >= 11 is 0. The van der Waals surface area contributed by atoms with E-state index in [-0.39, 0.29) is 0 Å². The molecular weight excluding hydrogens is 250 g/mol. The van der Waals surface area contributed by atoms with Crippen molar-refractivity contribution in [2.75, 3.05) is 10.6 Å². The van der Waals surface area contributed by atoms with Crippen LogP contribution in [0, 0.1) is 6.92 Å². The molecule has 5 heteroatoms. The number of hydrogen-bond acceptors (Lipinski definition) is 5. The summed E-state index contributed by atoms with van der Waals surface area (Å²) < 4.78 is 0. The SMILES string of the molecule is CCC(C)Nc1cc(NCc2ccccn2)nc(C)n1. The zero-order valence-corrected chi connectivity index (χ0v) is 12.2. The number of aryl methyl sites for hydroxylation is 1. The van der Waals surface area contributed by atoms with Gasteiger partial charge in [-0.25, -0.2) is 9.97 Å². The van der Waals surface area contributed by atoms with Crippen molar-refractivity contribution in [3.63, 3.8) is 0 Å². The summed E-state index contributed by atoms with van der Waals surface area (Å²) in [4.78, 5) is 13.1. The van der Waals surface area contributed by atoms with Crippen molar-refractivity contribution in [3.05, 3.63) is 42.0 Å². The highest BCUT2D eigenvalue weighted by Gasteiger charge is 2.04. The van der Waals surface area contributed by atoms with Crippen LogP contribution in [0.4, 0.5) is 11.6 Å². The molecule has 0 aliphatic heterocycles. The number of hydrogen-bond donors (Lipinski definition) is 2. The summed E-state index contributed by atoms with van der Waals surface area (Å²) in [6, 6.07) is 8.20. The van der Waals surface area contributed by atoms with E-state index >= 15 is 0 Å². The fraction of sp³-hybridized carbons (Fsp3) is 0.400. The lowest BCUT2D eigenvalue weighted by Gasteiger charge is -2.14. The molecule has 1 unspecified atom stereocenters. The zero-order valence-electron chi connectivity index (χ0n) is 12.2. The predicted octanol–water partition coefficient (Wildman–Crippen LogP) is 3.00. The molecular formula is C15H21N5. The van der Waals surface area contributed by atoms with Crippen molar-refractivity contribution < 1.29 is 0 Å². The number of pyridine rings is 1. The van der Waals surface area contributed by atoms with E-state index in [0.29, 0.717) is 12.6 Å². The lowest BCUT2D eigenvalue weighted by atomic mass is 10.2. The monoisotopic (exact) mass is 271 g/mol. The number of aromatic nitrogens is 3. The number of rotatable bonds is 6. The molecule has 2 N–H and O–H groups in total. The highest BCUT2D eigenvalue weighted by Crippen LogP contribution is 2.13. The molecule has 2 aromatic heterocycles. The van der Waals surface area contributed by atoms with Crippen molar-refractivity contribution in [2.24, 2.45) is 0 Å². The second-order valence-corrected chi connectivity index (χ2v) is 4.81. The van der Waals surface area contributed by atoms with E-state index in [0.717, 1.165) is 29.6 Å². The smallest absolute Gasteiger partial charge is 0.132 e. The quantitative estimate of drug-likeness (QED) is 0.845. The first-order valence-corrected chi connectivity index (χ1v) is 6.93. The lowest BCUT2D eigenvalue weighted by molar-refractivity contribution is 0.757.